The number of thiophene rings is 1. The average Bonchev–Trinajstić information content (AvgIpc) is 3.08. The number of rotatable bonds is 8. The number of carbonyl (C=O) groups excluding carboxylic acids is 2. The molecule has 0 saturated carbocycles. The largest absolute Gasteiger partial charge is 0.384 e. The summed E-state index contributed by atoms with van der Waals surface area (Å²) in [7, 11) is 1.69. The molecule has 24 heavy (non-hydrogen) atoms. The smallest absolute Gasteiger partial charge is 0.312 e. The van der Waals surface area contributed by atoms with E-state index in [2.05, 4.69) is 16.0 Å². The number of nitrogens with two attached hydrogens (primary N) is 1. The Morgan fingerprint density at radius 1 is 1.46 bits per heavy atom. The highest BCUT2D eigenvalue weighted by Gasteiger charge is 2.32. The summed E-state index contributed by atoms with van der Waals surface area (Å²) in [6.07, 6.45) is 2.11. The maximum Gasteiger partial charge on any atom is 0.312 e. The van der Waals surface area contributed by atoms with Crippen LogP contribution in [0.4, 0.5) is 4.79 Å². The van der Waals surface area contributed by atoms with E-state index in [0.29, 0.717) is 13.2 Å². The lowest BCUT2D eigenvalue weighted by atomic mass is 9.79. The molecule has 1 aliphatic heterocycles. The molecule has 8 heteroatoms. The Bertz CT molecular complexity index is 524. The molecule has 7 nitrogen and oxygen atoms in total. The number of methoxy groups -OCH3 is 1. The van der Waals surface area contributed by atoms with E-state index < -0.39 is 12.1 Å². The zero-order valence-electron chi connectivity index (χ0n) is 14.0. The van der Waals surface area contributed by atoms with E-state index in [1.165, 1.54) is 11.3 Å². The van der Waals surface area contributed by atoms with Gasteiger partial charge in [-0.1, -0.05) is 6.07 Å². The van der Waals surface area contributed by atoms with Crippen LogP contribution in [-0.2, 0) is 9.53 Å². The molecule has 2 rings (SSSR count). The zero-order chi connectivity index (χ0) is 17.4. The van der Waals surface area contributed by atoms with Gasteiger partial charge in [-0.3, -0.25) is 4.79 Å². The molecular weight excluding hydrogens is 328 g/mol. The number of urea groups is 1. The molecule has 1 aromatic rings. The zero-order valence-corrected chi connectivity index (χ0v) is 14.8. The summed E-state index contributed by atoms with van der Waals surface area (Å²) in [6.45, 7) is 3.07. The molecule has 0 aliphatic carbocycles. The van der Waals surface area contributed by atoms with Crippen molar-refractivity contribution in [2.45, 2.75) is 25.3 Å². The highest BCUT2D eigenvalue weighted by molar-refractivity contribution is 7.10. The van der Waals surface area contributed by atoms with Crippen LogP contribution in [0.3, 0.4) is 0 Å². The molecule has 134 valence electrons. The lowest BCUT2D eigenvalue weighted by Gasteiger charge is -2.37. The molecule has 1 fully saturated rings. The van der Waals surface area contributed by atoms with E-state index in [4.69, 9.17) is 10.5 Å². The molecule has 0 aromatic carbocycles. The Kier molecular flexibility index (Phi) is 7.01. The van der Waals surface area contributed by atoms with Gasteiger partial charge >= 0.3 is 6.03 Å². The van der Waals surface area contributed by atoms with Crippen molar-refractivity contribution in [3.8, 4) is 0 Å². The van der Waals surface area contributed by atoms with Crippen molar-refractivity contribution in [1.82, 2.24) is 16.0 Å². The maximum atomic E-state index is 12.4. The molecule has 1 unspecified atom stereocenters. The van der Waals surface area contributed by atoms with Gasteiger partial charge in [-0.25, -0.2) is 4.79 Å². The molecule has 1 saturated heterocycles. The average molecular weight is 354 g/mol. The first-order chi connectivity index (χ1) is 11.5. The minimum Gasteiger partial charge on any atom is -0.384 e. The number of piperidine rings is 1. The third-order valence-corrected chi connectivity index (χ3v) is 5.35. The number of carbonyl (C=O) groups is 2. The van der Waals surface area contributed by atoms with Crippen LogP contribution in [0.25, 0.3) is 0 Å². The molecular formula is C16H26N4O3S. The van der Waals surface area contributed by atoms with E-state index >= 15 is 0 Å². The molecule has 0 radical (unpaired) electrons. The first kappa shape index (κ1) is 18.7. The fraction of sp³-hybridized carbons (Fsp3) is 0.625. The molecule has 5 N–H and O–H groups in total. The molecule has 3 amide bonds. The van der Waals surface area contributed by atoms with Crippen molar-refractivity contribution in [2.24, 2.45) is 11.1 Å². The summed E-state index contributed by atoms with van der Waals surface area (Å²) in [6, 6.07) is 2.75. The lowest BCUT2D eigenvalue weighted by molar-refractivity contribution is -0.122. The monoisotopic (exact) mass is 354 g/mol. The van der Waals surface area contributed by atoms with Gasteiger partial charge in [0, 0.05) is 23.9 Å². The minimum atomic E-state index is -0.629. The summed E-state index contributed by atoms with van der Waals surface area (Å²) in [5.41, 5.74) is 5.20. The molecule has 1 aliphatic rings. The minimum absolute atomic E-state index is 0.0226. The van der Waals surface area contributed by atoms with Crippen molar-refractivity contribution in [1.29, 1.82) is 0 Å². The van der Waals surface area contributed by atoms with Crippen molar-refractivity contribution in [3.05, 3.63) is 22.4 Å². The van der Waals surface area contributed by atoms with Crippen molar-refractivity contribution < 1.29 is 14.3 Å². The van der Waals surface area contributed by atoms with Crippen LogP contribution in [0.1, 0.15) is 30.2 Å². The standard InChI is InChI=1S/C16H26N4O3S/c1-23-11-16(4-6-18-7-5-16)10-19-14(21)9-12(20-15(17)22)13-3-2-8-24-13/h2-3,8,12,18H,4-7,9-11H2,1H3,(H,19,21)(H3,17,20,22). The van der Waals surface area contributed by atoms with Crippen LogP contribution in [0.2, 0.25) is 0 Å². The lowest BCUT2D eigenvalue weighted by Crippen LogP contribution is -2.47. The van der Waals surface area contributed by atoms with Crippen LogP contribution in [0.15, 0.2) is 17.5 Å². The fourth-order valence-electron chi connectivity index (χ4n) is 3.06. The highest BCUT2D eigenvalue weighted by atomic mass is 32.1. The molecule has 2 heterocycles. The fourth-order valence-corrected chi connectivity index (χ4v) is 3.84. The first-order valence-corrected chi connectivity index (χ1v) is 8.98. The first-order valence-electron chi connectivity index (χ1n) is 8.10. The second-order valence-corrected chi connectivity index (χ2v) is 7.22. The van der Waals surface area contributed by atoms with Gasteiger partial charge in [-0.15, -0.1) is 11.3 Å². The van der Waals surface area contributed by atoms with Crippen LogP contribution >= 0.6 is 11.3 Å². The van der Waals surface area contributed by atoms with Gasteiger partial charge in [-0.2, -0.15) is 0 Å². The van der Waals surface area contributed by atoms with E-state index in [1.807, 2.05) is 17.5 Å². The SMILES string of the molecule is COCC1(CNC(=O)CC(NC(N)=O)c2cccs2)CCNCC1. The van der Waals surface area contributed by atoms with Crippen molar-refractivity contribution in [3.63, 3.8) is 0 Å². The molecule has 1 atom stereocenters. The Morgan fingerprint density at radius 2 is 2.21 bits per heavy atom. The topological polar surface area (TPSA) is 105 Å². The highest BCUT2D eigenvalue weighted by Crippen LogP contribution is 2.28. The number of hydrogen-bond donors (Lipinski definition) is 4. The predicted octanol–water partition coefficient (Wildman–Crippen LogP) is 0.980. The van der Waals surface area contributed by atoms with Gasteiger partial charge in [0.2, 0.25) is 5.91 Å². The number of ether oxygens (including phenoxy) is 1. The number of primary amides is 1. The molecule has 1 aromatic heterocycles. The summed E-state index contributed by atoms with van der Waals surface area (Å²) in [4.78, 5) is 24.5. The predicted molar refractivity (Wildman–Crippen MR) is 93.8 cm³/mol. The summed E-state index contributed by atoms with van der Waals surface area (Å²) in [5.74, 6) is -0.101. The van der Waals surface area contributed by atoms with Gasteiger partial charge in [0.25, 0.3) is 0 Å². The Hall–Kier alpha value is -1.64. The van der Waals surface area contributed by atoms with Crippen LogP contribution < -0.4 is 21.7 Å². The second kappa shape index (κ2) is 9.00. The van der Waals surface area contributed by atoms with Gasteiger partial charge in [0.15, 0.2) is 0 Å². The summed E-state index contributed by atoms with van der Waals surface area (Å²) in [5, 5.41) is 10.9. The normalized spacial score (nSPS) is 17.9. The van der Waals surface area contributed by atoms with Crippen LogP contribution in [-0.4, -0.2) is 45.3 Å². The van der Waals surface area contributed by atoms with Crippen LogP contribution in [0.5, 0.6) is 0 Å². The van der Waals surface area contributed by atoms with Crippen molar-refractivity contribution >= 4 is 23.3 Å². The number of hydrogen-bond acceptors (Lipinski definition) is 5. The molecule has 0 bridgehead atoms. The Labute approximate surface area is 146 Å². The van der Waals surface area contributed by atoms with E-state index in [1.54, 1.807) is 7.11 Å². The third kappa shape index (κ3) is 5.47. The van der Waals surface area contributed by atoms with Gasteiger partial charge in [0.1, 0.15) is 0 Å². The molecule has 0 spiro atoms. The third-order valence-electron chi connectivity index (χ3n) is 4.37. The van der Waals surface area contributed by atoms with Gasteiger partial charge < -0.3 is 26.4 Å². The van der Waals surface area contributed by atoms with E-state index in [-0.39, 0.29) is 17.7 Å². The number of nitrogens with one attached hydrogen (secondary N) is 3. The Balaban J connectivity index is 1.91. The quantitative estimate of drug-likeness (QED) is 0.558. The van der Waals surface area contributed by atoms with E-state index in [0.717, 1.165) is 30.8 Å². The van der Waals surface area contributed by atoms with Crippen molar-refractivity contribution in [2.75, 3.05) is 33.4 Å². The maximum absolute atomic E-state index is 12.4. The van der Waals surface area contributed by atoms with Gasteiger partial charge in [0.05, 0.1) is 19.1 Å². The van der Waals surface area contributed by atoms with Gasteiger partial charge in [-0.05, 0) is 37.4 Å². The van der Waals surface area contributed by atoms with E-state index in [9.17, 15) is 9.59 Å². The Morgan fingerprint density at radius 3 is 2.79 bits per heavy atom. The number of amides is 3. The summed E-state index contributed by atoms with van der Waals surface area (Å²) >= 11 is 1.49. The summed E-state index contributed by atoms with van der Waals surface area (Å²) < 4.78 is 5.36. The van der Waals surface area contributed by atoms with Crippen LogP contribution in [0, 0.1) is 5.41 Å². The second-order valence-electron chi connectivity index (χ2n) is 6.24.